The first kappa shape index (κ1) is 13.9. The van der Waals surface area contributed by atoms with Gasteiger partial charge in [-0.25, -0.2) is 0 Å². The van der Waals surface area contributed by atoms with E-state index in [0.717, 1.165) is 16.7 Å². The largest absolute Gasteiger partial charge is 0.368 e. The van der Waals surface area contributed by atoms with Gasteiger partial charge in [0.2, 0.25) is 0 Å². The molecule has 0 aliphatic rings. The van der Waals surface area contributed by atoms with Gasteiger partial charge in [0.25, 0.3) is 0 Å². The van der Waals surface area contributed by atoms with Gasteiger partial charge < -0.3 is 4.74 Å². The highest BCUT2D eigenvalue weighted by molar-refractivity contribution is 5.99. The van der Waals surface area contributed by atoms with Crippen LogP contribution in [0.5, 0.6) is 0 Å². The molecule has 0 heterocycles. The molecule has 0 bridgehead atoms. The number of aryl methyl sites for hydroxylation is 3. The molecule has 1 aromatic carbocycles. The Balaban J connectivity index is 2.90. The Morgan fingerprint density at radius 1 is 1.12 bits per heavy atom. The second-order valence-electron chi connectivity index (χ2n) is 5.60. The highest BCUT2D eigenvalue weighted by Crippen LogP contribution is 2.18. The SMILES string of the molecule is Cc1cc(C)c(C(=O)COC(C)(C)C)c(C)c1. The monoisotopic (exact) mass is 234 g/mol. The second-order valence-corrected chi connectivity index (χ2v) is 5.60. The van der Waals surface area contributed by atoms with Crippen LogP contribution in [0.15, 0.2) is 12.1 Å². The van der Waals surface area contributed by atoms with Crippen LogP contribution in [-0.2, 0) is 4.74 Å². The fourth-order valence-electron chi connectivity index (χ4n) is 1.97. The Morgan fingerprint density at radius 3 is 2.00 bits per heavy atom. The molecule has 0 saturated heterocycles. The third-order valence-electron chi connectivity index (χ3n) is 2.59. The number of ketones is 1. The molecule has 2 heteroatoms. The molecule has 2 nitrogen and oxygen atoms in total. The van der Waals surface area contributed by atoms with Gasteiger partial charge in [-0.1, -0.05) is 17.7 Å². The number of rotatable bonds is 3. The molecular weight excluding hydrogens is 212 g/mol. The lowest BCUT2D eigenvalue weighted by Crippen LogP contribution is -2.24. The average Bonchev–Trinajstić information content (AvgIpc) is 2.11. The van der Waals surface area contributed by atoms with Crippen LogP contribution in [0.3, 0.4) is 0 Å². The van der Waals surface area contributed by atoms with Crippen molar-refractivity contribution >= 4 is 5.78 Å². The molecule has 0 atom stereocenters. The normalized spacial score (nSPS) is 11.6. The molecule has 17 heavy (non-hydrogen) atoms. The summed E-state index contributed by atoms with van der Waals surface area (Å²) in [6.45, 7) is 12.0. The molecule has 1 aromatic rings. The zero-order valence-electron chi connectivity index (χ0n) is 11.7. The first-order valence-electron chi connectivity index (χ1n) is 5.96. The minimum Gasteiger partial charge on any atom is -0.368 e. The zero-order valence-corrected chi connectivity index (χ0v) is 11.7. The molecule has 0 radical (unpaired) electrons. The standard InChI is InChI=1S/C15H22O2/c1-10-7-11(2)14(12(3)8-10)13(16)9-17-15(4,5)6/h7-8H,9H2,1-6H3. The van der Waals surface area contributed by atoms with E-state index < -0.39 is 0 Å². The van der Waals surface area contributed by atoms with Gasteiger partial charge in [0, 0.05) is 5.56 Å². The van der Waals surface area contributed by atoms with E-state index in [1.165, 1.54) is 5.56 Å². The minimum atomic E-state index is -0.276. The van der Waals surface area contributed by atoms with Crippen LogP contribution in [-0.4, -0.2) is 18.0 Å². The lowest BCUT2D eigenvalue weighted by molar-refractivity contribution is 0.00300. The van der Waals surface area contributed by atoms with Crippen molar-refractivity contribution in [3.8, 4) is 0 Å². The molecule has 94 valence electrons. The van der Waals surface area contributed by atoms with Gasteiger partial charge in [0.1, 0.15) is 6.61 Å². The van der Waals surface area contributed by atoms with Gasteiger partial charge >= 0.3 is 0 Å². The molecule has 0 fully saturated rings. The predicted octanol–water partition coefficient (Wildman–Crippen LogP) is 3.61. The Morgan fingerprint density at radius 2 is 1.59 bits per heavy atom. The predicted molar refractivity (Wildman–Crippen MR) is 70.7 cm³/mol. The molecule has 0 N–H and O–H groups in total. The molecule has 0 amide bonds. The molecule has 0 aliphatic carbocycles. The van der Waals surface area contributed by atoms with Crippen LogP contribution in [0, 0.1) is 20.8 Å². The van der Waals surface area contributed by atoms with Gasteiger partial charge in [-0.2, -0.15) is 0 Å². The van der Waals surface area contributed by atoms with Crippen LogP contribution < -0.4 is 0 Å². The summed E-state index contributed by atoms with van der Waals surface area (Å²) in [5, 5.41) is 0. The van der Waals surface area contributed by atoms with Crippen molar-refractivity contribution < 1.29 is 9.53 Å². The Labute approximate surface area is 104 Å². The van der Waals surface area contributed by atoms with Crippen molar-refractivity contribution in [3.63, 3.8) is 0 Å². The number of carbonyl (C=O) groups excluding carboxylic acids is 1. The maximum atomic E-state index is 12.1. The van der Waals surface area contributed by atoms with E-state index in [-0.39, 0.29) is 18.0 Å². The summed E-state index contributed by atoms with van der Waals surface area (Å²) in [6, 6.07) is 4.08. The van der Waals surface area contributed by atoms with Gasteiger partial charge in [-0.05, 0) is 52.7 Å². The molecule has 0 aliphatic heterocycles. The summed E-state index contributed by atoms with van der Waals surface area (Å²) < 4.78 is 5.54. The maximum Gasteiger partial charge on any atom is 0.189 e. The van der Waals surface area contributed by atoms with E-state index in [1.807, 2.05) is 53.7 Å². The zero-order chi connectivity index (χ0) is 13.2. The number of hydrogen-bond donors (Lipinski definition) is 0. The molecular formula is C15H22O2. The van der Waals surface area contributed by atoms with E-state index >= 15 is 0 Å². The number of benzene rings is 1. The van der Waals surface area contributed by atoms with Crippen molar-refractivity contribution in [2.24, 2.45) is 0 Å². The van der Waals surface area contributed by atoms with E-state index in [9.17, 15) is 4.79 Å². The molecule has 0 aromatic heterocycles. The fourth-order valence-corrected chi connectivity index (χ4v) is 1.97. The van der Waals surface area contributed by atoms with Crippen LogP contribution in [0.1, 0.15) is 47.8 Å². The molecule has 0 spiro atoms. The Bertz CT molecular complexity index is 402. The third-order valence-corrected chi connectivity index (χ3v) is 2.59. The Hall–Kier alpha value is -1.15. The molecule has 1 rings (SSSR count). The van der Waals surface area contributed by atoms with E-state index in [2.05, 4.69) is 0 Å². The first-order valence-corrected chi connectivity index (χ1v) is 5.96. The number of Topliss-reactive ketones (excluding diaryl/α,β-unsaturated/α-hetero) is 1. The van der Waals surface area contributed by atoms with Crippen molar-refractivity contribution in [1.29, 1.82) is 0 Å². The minimum absolute atomic E-state index is 0.0647. The van der Waals surface area contributed by atoms with E-state index in [4.69, 9.17) is 4.74 Å². The smallest absolute Gasteiger partial charge is 0.189 e. The van der Waals surface area contributed by atoms with Crippen LogP contribution in [0.4, 0.5) is 0 Å². The first-order chi connectivity index (χ1) is 7.70. The van der Waals surface area contributed by atoms with Gasteiger partial charge in [0.15, 0.2) is 5.78 Å². The van der Waals surface area contributed by atoms with Gasteiger partial charge in [-0.3, -0.25) is 4.79 Å². The summed E-state index contributed by atoms with van der Waals surface area (Å²) in [7, 11) is 0. The van der Waals surface area contributed by atoms with E-state index in [0.29, 0.717) is 0 Å². The summed E-state index contributed by atoms with van der Waals surface area (Å²) in [4.78, 5) is 12.1. The average molecular weight is 234 g/mol. The number of carbonyl (C=O) groups is 1. The van der Waals surface area contributed by atoms with E-state index in [1.54, 1.807) is 0 Å². The lowest BCUT2D eigenvalue weighted by Gasteiger charge is -2.19. The third kappa shape index (κ3) is 3.97. The summed E-state index contributed by atoms with van der Waals surface area (Å²) in [5.74, 6) is 0.0647. The van der Waals surface area contributed by atoms with Gasteiger partial charge in [-0.15, -0.1) is 0 Å². The second kappa shape index (κ2) is 5.01. The van der Waals surface area contributed by atoms with Crippen molar-refractivity contribution in [1.82, 2.24) is 0 Å². The maximum absolute atomic E-state index is 12.1. The van der Waals surface area contributed by atoms with Gasteiger partial charge in [0.05, 0.1) is 5.60 Å². The van der Waals surface area contributed by atoms with Crippen LogP contribution in [0.2, 0.25) is 0 Å². The summed E-state index contributed by atoms with van der Waals surface area (Å²) >= 11 is 0. The number of hydrogen-bond acceptors (Lipinski definition) is 2. The molecule has 0 saturated carbocycles. The molecule has 0 unspecified atom stereocenters. The summed E-state index contributed by atoms with van der Waals surface area (Å²) in [6.07, 6.45) is 0. The fraction of sp³-hybridized carbons (Fsp3) is 0.533. The quantitative estimate of drug-likeness (QED) is 0.747. The van der Waals surface area contributed by atoms with Crippen molar-refractivity contribution in [2.45, 2.75) is 47.1 Å². The highest BCUT2D eigenvalue weighted by Gasteiger charge is 2.17. The van der Waals surface area contributed by atoms with Crippen LogP contribution >= 0.6 is 0 Å². The number of ether oxygens (including phenoxy) is 1. The lowest BCUT2D eigenvalue weighted by atomic mass is 9.97. The Kier molecular flexibility index (Phi) is 4.10. The summed E-state index contributed by atoms with van der Waals surface area (Å²) in [5.41, 5.74) is 3.78. The van der Waals surface area contributed by atoms with Crippen molar-refractivity contribution in [3.05, 3.63) is 34.4 Å². The topological polar surface area (TPSA) is 26.3 Å². The highest BCUT2D eigenvalue weighted by atomic mass is 16.5. The van der Waals surface area contributed by atoms with Crippen molar-refractivity contribution in [2.75, 3.05) is 6.61 Å². The van der Waals surface area contributed by atoms with Crippen LogP contribution in [0.25, 0.3) is 0 Å².